The van der Waals surface area contributed by atoms with E-state index >= 15 is 0 Å². The average Bonchev–Trinajstić information content (AvgIpc) is 2.91. The summed E-state index contributed by atoms with van der Waals surface area (Å²) < 4.78 is 5.46. The first-order valence-electron chi connectivity index (χ1n) is 6.32. The molecular weight excluding hydrogens is 214 g/mol. The second-order valence-corrected chi connectivity index (χ2v) is 4.78. The predicted octanol–water partition coefficient (Wildman–Crippen LogP) is 1.75. The normalized spacial score (nSPS) is 23.5. The molecule has 1 unspecified atom stereocenters. The third-order valence-corrected chi connectivity index (χ3v) is 3.65. The van der Waals surface area contributed by atoms with Crippen LogP contribution in [0.5, 0.6) is 0 Å². The van der Waals surface area contributed by atoms with Gasteiger partial charge in [-0.2, -0.15) is 0 Å². The standard InChI is InChI=1S/C14H17NO2/c16-14(13-6-3-9-17-13)15-8-7-11-4-1-2-5-12(11)10-15/h1-2,4-5,13H,3,6-10H2. The van der Waals surface area contributed by atoms with Crippen molar-refractivity contribution in [1.82, 2.24) is 4.90 Å². The van der Waals surface area contributed by atoms with Gasteiger partial charge in [0.1, 0.15) is 6.10 Å². The molecule has 2 aliphatic rings. The van der Waals surface area contributed by atoms with Crippen molar-refractivity contribution in [2.45, 2.75) is 31.9 Å². The minimum atomic E-state index is -0.180. The number of carbonyl (C=O) groups excluding carboxylic acids is 1. The lowest BCUT2D eigenvalue weighted by atomic mass is 9.99. The highest BCUT2D eigenvalue weighted by atomic mass is 16.5. The largest absolute Gasteiger partial charge is 0.368 e. The van der Waals surface area contributed by atoms with Crippen molar-refractivity contribution in [3.63, 3.8) is 0 Å². The minimum Gasteiger partial charge on any atom is -0.368 e. The molecule has 1 aromatic rings. The van der Waals surface area contributed by atoms with Crippen molar-refractivity contribution in [3.8, 4) is 0 Å². The summed E-state index contributed by atoms with van der Waals surface area (Å²) in [7, 11) is 0. The Kier molecular flexibility index (Phi) is 2.85. The molecule has 1 aromatic carbocycles. The van der Waals surface area contributed by atoms with E-state index in [2.05, 4.69) is 18.2 Å². The fourth-order valence-electron chi connectivity index (χ4n) is 2.66. The molecule has 17 heavy (non-hydrogen) atoms. The third kappa shape index (κ3) is 2.07. The zero-order valence-corrected chi connectivity index (χ0v) is 9.89. The quantitative estimate of drug-likeness (QED) is 0.737. The number of nitrogens with zero attached hydrogens (tertiary/aromatic N) is 1. The molecule has 0 aliphatic carbocycles. The molecule has 0 N–H and O–H groups in total. The van der Waals surface area contributed by atoms with E-state index in [-0.39, 0.29) is 12.0 Å². The van der Waals surface area contributed by atoms with Crippen molar-refractivity contribution in [2.24, 2.45) is 0 Å². The summed E-state index contributed by atoms with van der Waals surface area (Å²) in [5, 5.41) is 0. The molecule has 0 spiro atoms. The first kappa shape index (κ1) is 10.8. The van der Waals surface area contributed by atoms with Gasteiger partial charge in [0, 0.05) is 19.7 Å². The fourth-order valence-corrected chi connectivity index (χ4v) is 2.66. The van der Waals surface area contributed by atoms with Crippen LogP contribution in [-0.2, 0) is 22.5 Å². The fraction of sp³-hybridized carbons (Fsp3) is 0.500. The number of fused-ring (bicyclic) bond motifs is 1. The van der Waals surface area contributed by atoms with Crippen LogP contribution in [0.3, 0.4) is 0 Å². The van der Waals surface area contributed by atoms with Gasteiger partial charge in [0.25, 0.3) is 5.91 Å². The van der Waals surface area contributed by atoms with Gasteiger partial charge in [-0.1, -0.05) is 24.3 Å². The van der Waals surface area contributed by atoms with Crippen molar-refractivity contribution < 1.29 is 9.53 Å². The Hall–Kier alpha value is -1.35. The van der Waals surface area contributed by atoms with E-state index in [9.17, 15) is 4.79 Å². The summed E-state index contributed by atoms with van der Waals surface area (Å²) in [6, 6.07) is 8.38. The van der Waals surface area contributed by atoms with Crippen molar-refractivity contribution >= 4 is 5.91 Å². The van der Waals surface area contributed by atoms with Crippen molar-refractivity contribution in [2.75, 3.05) is 13.2 Å². The van der Waals surface area contributed by atoms with E-state index in [1.165, 1.54) is 11.1 Å². The molecule has 1 saturated heterocycles. The monoisotopic (exact) mass is 231 g/mol. The molecule has 2 heterocycles. The summed E-state index contributed by atoms with van der Waals surface area (Å²) in [5.74, 6) is 0.178. The zero-order valence-electron chi connectivity index (χ0n) is 9.89. The molecule has 1 fully saturated rings. The number of rotatable bonds is 1. The molecule has 0 bridgehead atoms. The minimum absolute atomic E-state index is 0.178. The Morgan fingerprint density at radius 2 is 2.12 bits per heavy atom. The van der Waals surface area contributed by atoms with Gasteiger partial charge < -0.3 is 9.64 Å². The summed E-state index contributed by atoms with van der Waals surface area (Å²) in [6.45, 7) is 2.31. The Labute approximate surface area is 101 Å². The van der Waals surface area contributed by atoms with Crippen LogP contribution in [0.15, 0.2) is 24.3 Å². The predicted molar refractivity (Wildman–Crippen MR) is 64.5 cm³/mol. The lowest BCUT2D eigenvalue weighted by molar-refractivity contribution is -0.141. The van der Waals surface area contributed by atoms with Crippen LogP contribution >= 0.6 is 0 Å². The van der Waals surface area contributed by atoms with E-state index in [0.717, 1.165) is 39.0 Å². The third-order valence-electron chi connectivity index (χ3n) is 3.65. The Balaban J connectivity index is 1.73. The maximum Gasteiger partial charge on any atom is 0.252 e. The molecule has 0 aromatic heterocycles. The number of hydrogen-bond donors (Lipinski definition) is 0. The number of benzene rings is 1. The first-order chi connectivity index (χ1) is 8.34. The van der Waals surface area contributed by atoms with Crippen LogP contribution in [0.2, 0.25) is 0 Å². The number of hydrogen-bond acceptors (Lipinski definition) is 2. The molecule has 3 nitrogen and oxygen atoms in total. The van der Waals surface area contributed by atoms with Gasteiger partial charge in [0.05, 0.1) is 0 Å². The Morgan fingerprint density at radius 1 is 1.29 bits per heavy atom. The van der Waals surface area contributed by atoms with Gasteiger partial charge >= 0.3 is 0 Å². The van der Waals surface area contributed by atoms with Crippen LogP contribution in [0.1, 0.15) is 24.0 Å². The summed E-state index contributed by atoms with van der Waals surface area (Å²) in [5.41, 5.74) is 2.66. The van der Waals surface area contributed by atoms with Gasteiger partial charge in [0.2, 0.25) is 0 Å². The summed E-state index contributed by atoms with van der Waals surface area (Å²) in [4.78, 5) is 14.2. The second kappa shape index (κ2) is 4.49. The van der Waals surface area contributed by atoms with Crippen molar-refractivity contribution in [3.05, 3.63) is 35.4 Å². The molecule has 2 aliphatic heterocycles. The lowest BCUT2D eigenvalue weighted by Crippen LogP contribution is -2.41. The highest BCUT2D eigenvalue weighted by Gasteiger charge is 2.29. The smallest absolute Gasteiger partial charge is 0.252 e. The van der Waals surface area contributed by atoms with Gasteiger partial charge in [0.15, 0.2) is 0 Å². The van der Waals surface area contributed by atoms with E-state index in [4.69, 9.17) is 4.74 Å². The van der Waals surface area contributed by atoms with Gasteiger partial charge in [-0.15, -0.1) is 0 Å². The molecule has 0 radical (unpaired) electrons. The number of ether oxygens (including phenoxy) is 1. The Bertz CT molecular complexity index is 424. The second-order valence-electron chi connectivity index (χ2n) is 4.78. The molecule has 1 atom stereocenters. The topological polar surface area (TPSA) is 29.5 Å². The molecule has 3 heteroatoms. The van der Waals surface area contributed by atoms with Crippen LogP contribution in [-0.4, -0.2) is 30.1 Å². The van der Waals surface area contributed by atoms with Crippen molar-refractivity contribution in [1.29, 1.82) is 0 Å². The van der Waals surface area contributed by atoms with Gasteiger partial charge in [-0.25, -0.2) is 0 Å². The van der Waals surface area contributed by atoms with E-state index in [0.29, 0.717) is 0 Å². The molecule has 0 saturated carbocycles. The maximum atomic E-state index is 12.2. The van der Waals surface area contributed by atoms with E-state index < -0.39 is 0 Å². The Morgan fingerprint density at radius 3 is 2.88 bits per heavy atom. The lowest BCUT2D eigenvalue weighted by Gasteiger charge is -2.30. The summed E-state index contributed by atoms with van der Waals surface area (Å²) in [6.07, 6.45) is 2.69. The van der Waals surface area contributed by atoms with Crippen LogP contribution in [0.25, 0.3) is 0 Å². The average molecular weight is 231 g/mol. The molecule has 3 rings (SSSR count). The highest BCUT2D eigenvalue weighted by molar-refractivity contribution is 5.81. The van der Waals surface area contributed by atoms with E-state index in [1.807, 2.05) is 11.0 Å². The number of amides is 1. The van der Waals surface area contributed by atoms with Crippen LogP contribution < -0.4 is 0 Å². The summed E-state index contributed by atoms with van der Waals surface area (Å²) >= 11 is 0. The molecular formula is C14H17NO2. The van der Waals surface area contributed by atoms with E-state index in [1.54, 1.807) is 0 Å². The zero-order chi connectivity index (χ0) is 11.7. The van der Waals surface area contributed by atoms with Gasteiger partial charge in [-0.3, -0.25) is 4.79 Å². The SMILES string of the molecule is O=C(C1CCCO1)N1CCc2ccccc2C1. The molecule has 1 amide bonds. The number of carbonyl (C=O) groups is 1. The molecule has 90 valence electrons. The first-order valence-corrected chi connectivity index (χ1v) is 6.32. The maximum absolute atomic E-state index is 12.2. The highest BCUT2D eigenvalue weighted by Crippen LogP contribution is 2.22. The van der Waals surface area contributed by atoms with Crippen LogP contribution in [0, 0.1) is 0 Å². The van der Waals surface area contributed by atoms with Crippen LogP contribution in [0.4, 0.5) is 0 Å². The van der Waals surface area contributed by atoms with Gasteiger partial charge in [-0.05, 0) is 30.4 Å².